The quantitative estimate of drug-likeness (QED) is 0.661. The van der Waals surface area contributed by atoms with E-state index in [4.69, 9.17) is 0 Å². The molecule has 1 heterocycles. The van der Waals surface area contributed by atoms with Crippen LogP contribution in [-0.2, 0) is 0 Å². The van der Waals surface area contributed by atoms with E-state index in [1.54, 1.807) is 22.6 Å². The molecule has 122 valence electrons. The lowest BCUT2D eigenvalue weighted by Gasteiger charge is -2.11. The second kappa shape index (κ2) is 7.07. The maximum absolute atomic E-state index is 12.2. The lowest BCUT2D eigenvalue weighted by molar-refractivity contribution is 0.702. The first-order chi connectivity index (χ1) is 11.5. The minimum atomic E-state index is -0.0240. The lowest BCUT2D eigenvalue weighted by Crippen LogP contribution is -2.16. The van der Waals surface area contributed by atoms with Gasteiger partial charge in [-0.05, 0) is 80.0 Å². The Labute approximate surface area is 146 Å². The summed E-state index contributed by atoms with van der Waals surface area (Å²) in [5.74, 6) is 0. The summed E-state index contributed by atoms with van der Waals surface area (Å²) in [4.78, 5) is 13.4. The molecule has 0 spiro atoms. The Morgan fingerprint density at radius 3 is 2.29 bits per heavy atom. The normalized spacial score (nSPS) is 11.0. The summed E-state index contributed by atoms with van der Waals surface area (Å²) in [5.41, 5.74) is 4.12. The molecule has 3 rings (SSSR count). The maximum Gasteiger partial charge on any atom is 0.255 e. The van der Waals surface area contributed by atoms with Crippen LogP contribution in [0.2, 0.25) is 0 Å². The zero-order valence-corrected chi connectivity index (χ0v) is 14.9. The molecule has 0 saturated heterocycles. The predicted octanol–water partition coefficient (Wildman–Crippen LogP) is 4.38. The van der Waals surface area contributed by atoms with Crippen LogP contribution in [0, 0.1) is 6.92 Å². The second-order valence-electron chi connectivity index (χ2n) is 5.89. The van der Waals surface area contributed by atoms with Crippen molar-refractivity contribution in [1.29, 1.82) is 0 Å². The number of pyridine rings is 1. The van der Waals surface area contributed by atoms with Crippen molar-refractivity contribution in [3.05, 3.63) is 82.8 Å². The number of aromatic nitrogens is 1. The third-order valence-electron chi connectivity index (χ3n) is 3.67. The molecule has 2 aromatic carbocycles. The number of aryl methyl sites for hydroxylation is 1. The SMILES string of the molecule is Cc1cccc(-n2cc(-c3ccc(SN(C)C)cc3)ccc2=O)c1. The number of hydrogen-bond acceptors (Lipinski definition) is 3. The molecule has 0 unspecified atom stereocenters. The van der Waals surface area contributed by atoms with Crippen LogP contribution in [0.3, 0.4) is 0 Å². The van der Waals surface area contributed by atoms with Gasteiger partial charge in [0, 0.05) is 22.8 Å². The third-order valence-corrected chi connectivity index (χ3v) is 4.51. The smallest absolute Gasteiger partial charge is 0.255 e. The molecule has 0 radical (unpaired) electrons. The van der Waals surface area contributed by atoms with Crippen molar-refractivity contribution in [2.24, 2.45) is 0 Å². The van der Waals surface area contributed by atoms with Gasteiger partial charge < -0.3 is 0 Å². The standard InChI is InChI=1S/C20H20N2OS/c1-15-5-4-6-18(13-15)22-14-17(9-12-20(22)23)16-7-10-19(11-8-16)24-21(2)3/h4-14H,1-3H3. The minimum absolute atomic E-state index is 0.0240. The largest absolute Gasteiger partial charge is 0.284 e. The fourth-order valence-corrected chi connectivity index (χ4v) is 3.24. The fourth-order valence-electron chi connectivity index (χ4n) is 2.56. The molecule has 3 aromatic rings. The van der Waals surface area contributed by atoms with Gasteiger partial charge in [0.1, 0.15) is 0 Å². The molecule has 3 nitrogen and oxygen atoms in total. The first-order valence-corrected chi connectivity index (χ1v) is 8.56. The summed E-state index contributed by atoms with van der Waals surface area (Å²) in [5, 5.41) is 0. The van der Waals surface area contributed by atoms with Crippen molar-refractivity contribution in [3.8, 4) is 16.8 Å². The molecular formula is C20H20N2OS. The van der Waals surface area contributed by atoms with Crippen molar-refractivity contribution >= 4 is 11.9 Å². The van der Waals surface area contributed by atoms with Crippen molar-refractivity contribution in [3.63, 3.8) is 0 Å². The number of hydrogen-bond donors (Lipinski definition) is 0. The van der Waals surface area contributed by atoms with E-state index in [0.29, 0.717) is 0 Å². The summed E-state index contributed by atoms with van der Waals surface area (Å²) < 4.78 is 3.76. The number of benzene rings is 2. The van der Waals surface area contributed by atoms with Gasteiger partial charge in [0.05, 0.1) is 0 Å². The van der Waals surface area contributed by atoms with Crippen molar-refractivity contribution in [1.82, 2.24) is 8.87 Å². The Balaban J connectivity index is 1.98. The van der Waals surface area contributed by atoms with E-state index >= 15 is 0 Å². The van der Waals surface area contributed by atoms with E-state index in [2.05, 4.69) is 28.6 Å². The topological polar surface area (TPSA) is 25.2 Å². The van der Waals surface area contributed by atoms with E-state index in [9.17, 15) is 4.79 Å². The fraction of sp³-hybridized carbons (Fsp3) is 0.150. The average Bonchev–Trinajstić information content (AvgIpc) is 2.55. The van der Waals surface area contributed by atoms with E-state index in [1.165, 1.54) is 4.90 Å². The van der Waals surface area contributed by atoms with Gasteiger partial charge in [-0.2, -0.15) is 0 Å². The Morgan fingerprint density at radius 1 is 0.917 bits per heavy atom. The highest BCUT2D eigenvalue weighted by atomic mass is 32.2. The molecule has 0 amide bonds. The molecule has 0 bridgehead atoms. The molecule has 0 atom stereocenters. The first kappa shape index (κ1) is 16.6. The van der Waals surface area contributed by atoms with Crippen molar-refractivity contribution in [2.45, 2.75) is 11.8 Å². The van der Waals surface area contributed by atoms with Gasteiger partial charge in [0.15, 0.2) is 0 Å². The number of rotatable bonds is 4. The van der Waals surface area contributed by atoms with E-state index in [-0.39, 0.29) is 5.56 Å². The van der Waals surface area contributed by atoms with Gasteiger partial charge in [-0.15, -0.1) is 0 Å². The van der Waals surface area contributed by atoms with Crippen LogP contribution < -0.4 is 5.56 Å². The highest BCUT2D eigenvalue weighted by molar-refractivity contribution is 7.97. The lowest BCUT2D eigenvalue weighted by atomic mass is 10.1. The summed E-state index contributed by atoms with van der Waals surface area (Å²) >= 11 is 1.68. The molecule has 0 fully saturated rings. The molecule has 0 N–H and O–H groups in total. The molecule has 4 heteroatoms. The number of nitrogens with zero attached hydrogens (tertiary/aromatic N) is 2. The van der Waals surface area contributed by atoms with Gasteiger partial charge in [-0.3, -0.25) is 13.7 Å². The summed E-state index contributed by atoms with van der Waals surface area (Å²) in [6.07, 6.45) is 1.91. The van der Waals surface area contributed by atoms with Crippen LogP contribution in [0.4, 0.5) is 0 Å². The summed E-state index contributed by atoms with van der Waals surface area (Å²) in [6.45, 7) is 2.03. The summed E-state index contributed by atoms with van der Waals surface area (Å²) in [7, 11) is 4.05. The average molecular weight is 336 g/mol. The predicted molar refractivity (Wildman–Crippen MR) is 102 cm³/mol. The van der Waals surface area contributed by atoms with Crippen LogP contribution >= 0.6 is 11.9 Å². The zero-order chi connectivity index (χ0) is 17.1. The minimum Gasteiger partial charge on any atom is -0.284 e. The highest BCUT2D eigenvalue weighted by Crippen LogP contribution is 2.25. The molecule has 24 heavy (non-hydrogen) atoms. The maximum atomic E-state index is 12.2. The van der Waals surface area contributed by atoms with Gasteiger partial charge in [0.2, 0.25) is 0 Å². The van der Waals surface area contributed by atoms with Crippen LogP contribution in [0.1, 0.15) is 5.56 Å². The van der Waals surface area contributed by atoms with Gasteiger partial charge in [-0.1, -0.05) is 24.3 Å². The van der Waals surface area contributed by atoms with Crippen LogP contribution in [0.25, 0.3) is 16.8 Å². The first-order valence-electron chi connectivity index (χ1n) is 7.78. The van der Waals surface area contributed by atoms with Crippen LogP contribution in [0.15, 0.2) is 76.6 Å². The Hall–Kier alpha value is -2.30. The van der Waals surface area contributed by atoms with Crippen molar-refractivity contribution in [2.75, 3.05) is 14.1 Å². The van der Waals surface area contributed by atoms with Gasteiger partial charge in [0.25, 0.3) is 5.56 Å². The molecule has 1 aromatic heterocycles. The Bertz CT molecular complexity index is 898. The van der Waals surface area contributed by atoms with Gasteiger partial charge >= 0.3 is 0 Å². The monoisotopic (exact) mass is 336 g/mol. The molecule has 0 aliphatic carbocycles. The molecular weight excluding hydrogens is 316 g/mol. The highest BCUT2D eigenvalue weighted by Gasteiger charge is 2.05. The van der Waals surface area contributed by atoms with Crippen LogP contribution in [-0.4, -0.2) is 23.0 Å². The third kappa shape index (κ3) is 3.78. The Kier molecular flexibility index (Phi) is 4.88. The second-order valence-corrected chi connectivity index (χ2v) is 7.28. The van der Waals surface area contributed by atoms with E-state index < -0.39 is 0 Å². The Morgan fingerprint density at radius 2 is 1.62 bits per heavy atom. The molecule has 0 saturated carbocycles. The van der Waals surface area contributed by atoms with Gasteiger partial charge in [-0.25, -0.2) is 0 Å². The summed E-state index contributed by atoms with van der Waals surface area (Å²) in [6, 6.07) is 19.8. The zero-order valence-electron chi connectivity index (χ0n) is 14.1. The van der Waals surface area contributed by atoms with Crippen molar-refractivity contribution < 1.29 is 0 Å². The van der Waals surface area contributed by atoms with E-state index in [0.717, 1.165) is 22.4 Å². The van der Waals surface area contributed by atoms with Crippen LogP contribution in [0.5, 0.6) is 0 Å². The molecule has 0 aliphatic rings. The van der Waals surface area contributed by atoms with E-state index in [1.807, 2.05) is 57.5 Å². The molecule has 0 aliphatic heterocycles.